The van der Waals surface area contributed by atoms with E-state index in [1.807, 2.05) is 18.5 Å². The molecule has 1 aromatic rings. The summed E-state index contributed by atoms with van der Waals surface area (Å²) in [6.45, 7) is 0.455. The fourth-order valence-electron chi connectivity index (χ4n) is 0.895. The lowest BCUT2D eigenvalue weighted by Crippen LogP contribution is -2.24. The van der Waals surface area contributed by atoms with Crippen LogP contribution in [0.5, 0.6) is 0 Å². The standard InChI is InChI=1S/C7H12N2O2S/c1-12(10,11)9-5-3-7-2-4-8-6-7/h2,4,6,8-9H,3,5H2,1H3. The highest BCUT2D eigenvalue weighted by Crippen LogP contribution is 1.96. The highest BCUT2D eigenvalue weighted by molar-refractivity contribution is 7.88. The van der Waals surface area contributed by atoms with Gasteiger partial charge in [-0.2, -0.15) is 0 Å². The van der Waals surface area contributed by atoms with Gasteiger partial charge >= 0.3 is 0 Å². The van der Waals surface area contributed by atoms with Gasteiger partial charge in [0.2, 0.25) is 10.0 Å². The number of H-pyrrole nitrogens is 1. The Bertz CT molecular complexity index is 315. The van der Waals surface area contributed by atoms with Crippen LogP contribution in [0.1, 0.15) is 5.56 Å². The van der Waals surface area contributed by atoms with Crippen molar-refractivity contribution in [1.82, 2.24) is 9.71 Å². The maximum Gasteiger partial charge on any atom is 0.208 e. The number of hydrogen-bond donors (Lipinski definition) is 2. The molecule has 1 heterocycles. The average molecular weight is 188 g/mol. The van der Waals surface area contributed by atoms with E-state index < -0.39 is 10.0 Å². The van der Waals surface area contributed by atoms with Crippen molar-refractivity contribution in [1.29, 1.82) is 0 Å². The van der Waals surface area contributed by atoms with Crippen molar-refractivity contribution in [2.75, 3.05) is 12.8 Å². The smallest absolute Gasteiger partial charge is 0.208 e. The number of aromatic amines is 1. The highest BCUT2D eigenvalue weighted by atomic mass is 32.2. The molecule has 0 saturated carbocycles. The summed E-state index contributed by atoms with van der Waals surface area (Å²) in [7, 11) is -3.04. The Morgan fingerprint density at radius 1 is 1.58 bits per heavy atom. The molecule has 0 bridgehead atoms. The maximum atomic E-state index is 10.6. The summed E-state index contributed by atoms with van der Waals surface area (Å²) in [5, 5.41) is 0. The van der Waals surface area contributed by atoms with Crippen molar-refractivity contribution in [3.05, 3.63) is 24.0 Å². The molecule has 0 fully saturated rings. The maximum absolute atomic E-state index is 10.6. The van der Waals surface area contributed by atoms with E-state index in [9.17, 15) is 8.42 Å². The van der Waals surface area contributed by atoms with Crippen molar-refractivity contribution in [2.24, 2.45) is 0 Å². The van der Waals surface area contributed by atoms with E-state index in [1.54, 1.807) is 0 Å². The predicted molar refractivity (Wildman–Crippen MR) is 47.3 cm³/mol. The molecule has 0 amide bonds. The second kappa shape index (κ2) is 3.73. The van der Waals surface area contributed by atoms with Gasteiger partial charge in [-0.05, 0) is 18.1 Å². The molecule has 0 aliphatic carbocycles. The van der Waals surface area contributed by atoms with Crippen molar-refractivity contribution >= 4 is 10.0 Å². The largest absolute Gasteiger partial charge is 0.367 e. The minimum Gasteiger partial charge on any atom is -0.367 e. The van der Waals surface area contributed by atoms with Crippen LogP contribution in [-0.2, 0) is 16.4 Å². The molecule has 4 nitrogen and oxygen atoms in total. The lowest BCUT2D eigenvalue weighted by molar-refractivity contribution is 0.588. The topological polar surface area (TPSA) is 62.0 Å². The molecule has 0 aliphatic heterocycles. The Morgan fingerprint density at radius 2 is 2.33 bits per heavy atom. The number of aromatic nitrogens is 1. The second-order valence-corrected chi connectivity index (χ2v) is 4.47. The van der Waals surface area contributed by atoms with Gasteiger partial charge in [-0.15, -0.1) is 0 Å². The highest BCUT2D eigenvalue weighted by Gasteiger charge is 1.99. The first-order chi connectivity index (χ1) is 5.58. The zero-order valence-corrected chi connectivity index (χ0v) is 7.69. The van der Waals surface area contributed by atoms with Gasteiger partial charge in [-0.1, -0.05) is 0 Å². The van der Waals surface area contributed by atoms with E-state index in [2.05, 4.69) is 9.71 Å². The first-order valence-corrected chi connectivity index (χ1v) is 5.53. The SMILES string of the molecule is CS(=O)(=O)NCCc1cc[nH]c1. The number of rotatable bonds is 4. The third-order valence-electron chi connectivity index (χ3n) is 1.44. The molecule has 0 radical (unpaired) electrons. The van der Waals surface area contributed by atoms with Crippen LogP contribution in [0.2, 0.25) is 0 Å². The van der Waals surface area contributed by atoms with Crippen LogP contribution < -0.4 is 4.72 Å². The minimum atomic E-state index is -3.04. The fraction of sp³-hybridized carbons (Fsp3) is 0.429. The van der Waals surface area contributed by atoms with Crippen LogP contribution in [0.4, 0.5) is 0 Å². The Balaban J connectivity index is 2.29. The first-order valence-electron chi connectivity index (χ1n) is 3.64. The molecule has 12 heavy (non-hydrogen) atoms. The molecule has 1 aromatic heterocycles. The summed E-state index contributed by atoms with van der Waals surface area (Å²) in [5.74, 6) is 0. The normalized spacial score (nSPS) is 11.8. The summed E-state index contributed by atoms with van der Waals surface area (Å²) in [6.07, 6.45) is 5.54. The number of sulfonamides is 1. The quantitative estimate of drug-likeness (QED) is 0.704. The molecule has 0 atom stereocenters. The van der Waals surface area contributed by atoms with Gasteiger partial charge < -0.3 is 4.98 Å². The lowest BCUT2D eigenvalue weighted by atomic mass is 10.2. The average Bonchev–Trinajstić information content (AvgIpc) is 2.36. The summed E-state index contributed by atoms with van der Waals surface area (Å²) in [4.78, 5) is 2.90. The van der Waals surface area contributed by atoms with Gasteiger partial charge in [-0.25, -0.2) is 13.1 Å². The Morgan fingerprint density at radius 3 is 2.83 bits per heavy atom. The van der Waals surface area contributed by atoms with Gasteiger partial charge in [0.25, 0.3) is 0 Å². The number of nitrogens with one attached hydrogen (secondary N) is 2. The van der Waals surface area contributed by atoms with Crippen LogP contribution in [0, 0.1) is 0 Å². The van der Waals surface area contributed by atoms with Crippen LogP contribution in [-0.4, -0.2) is 26.2 Å². The van der Waals surface area contributed by atoms with Gasteiger partial charge in [0.05, 0.1) is 6.26 Å². The molecule has 0 aliphatic rings. The molecule has 0 spiro atoms. The molecule has 0 saturated heterocycles. The van der Waals surface area contributed by atoms with Gasteiger partial charge in [0.15, 0.2) is 0 Å². The fourth-order valence-corrected chi connectivity index (χ4v) is 1.37. The Labute approximate surface area is 72.0 Å². The summed E-state index contributed by atoms with van der Waals surface area (Å²) < 4.78 is 23.7. The van der Waals surface area contributed by atoms with Crippen molar-refractivity contribution < 1.29 is 8.42 Å². The number of hydrogen-bond acceptors (Lipinski definition) is 2. The second-order valence-electron chi connectivity index (χ2n) is 2.64. The molecular weight excluding hydrogens is 176 g/mol. The van der Waals surface area contributed by atoms with E-state index in [-0.39, 0.29) is 0 Å². The van der Waals surface area contributed by atoms with Crippen LogP contribution in [0.25, 0.3) is 0 Å². The predicted octanol–water partition coefficient (Wildman–Crippen LogP) is 0.106. The van der Waals surface area contributed by atoms with E-state index in [4.69, 9.17) is 0 Å². The molecule has 0 unspecified atom stereocenters. The van der Waals surface area contributed by atoms with E-state index >= 15 is 0 Å². The van der Waals surface area contributed by atoms with Crippen LogP contribution in [0.15, 0.2) is 18.5 Å². The molecule has 2 N–H and O–H groups in total. The van der Waals surface area contributed by atoms with Gasteiger partial charge in [0, 0.05) is 18.9 Å². The monoisotopic (exact) mass is 188 g/mol. The molecule has 5 heteroatoms. The third-order valence-corrected chi connectivity index (χ3v) is 2.17. The Hall–Kier alpha value is -0.810. The molecule has 68 valence electrons. The first kappa shape index (κ1) is 9.28. The zero-order valence-electron chi connectivity index (χ0n) is 6.87. The zero-order chi connectivity index (χ0) is 9.03. The van der Waals surface area contributed by atoms with E-state index in [1.165, 1.54) is 0 Å². The molecule has 0 aromatic carbocycles. The van der Waals surface area contributed by atoms with E-state index in [0.29, 0.717) is 6.54 Å². The van der Waals surface area contributed by atoms with Crippen molar-refractivity contribution in [3.8, 4) is 0 Å². The molecular formula is C7H12N2O2S. The van der Waals surface area contributed by atoms with Crippen LogP contribution in [0.3, 0.4) is 0 Å². The van der Waals surface area contributed by atoms with Gasteiger partial charge in [0.1, 0.15) is 0 Å². The van der Waals surface area contributed by atoms with Crippen molar-refractivity contribution in [3.63, 3.8) is 0 Å². The summed E-state index contributed by atoms with van der Waals surface area (Å²) in [6, 6.07) is 1.92. The summed E-state index contributed by atoms with van der Waals surface area (Å²) in [5.41, 5.74) is 1.10. The lowest BCUT2D eigenvalue weighted by Gasteiger charge is -1.99. The molecule has 1 rings (SSSR count). The Kier molecular flexibility index (Phi) is 2.88. The van der Waals surface area contributed by atoms with Crippen molar-refractivity contribution in [2.45, 2.75) is 6.42 Å². The van der Waals surface area contributed by atoms with Gasteiger partial charge in [-0.3, -0.25) is 0 Å². The minimum absolute atomic E-state index is 0.455. The summed E-state index contributed by atoms with van der Waals surface area (Å²) >= 11 is 0. The third kappa shape index (κ3) is 3.54. The van der Waals surface area contributed by atoms with E-state index in [0.717, 1.165) is 18.2 Å². The van der Waals surface area contributed by atoms with Crippen LogP contribution >= 0.6 is 0 Å².